The number of hydrogen-bond acceptors (Lipinski definition) is 7. The van der Waals surface area contributed by atoms with Gasteiger partial charge in [-0.05, 0) is 18.1 Å². The molecule has 2 atom stereocenters. The largest absolute Gasteiger partial charge is 0.383 e. The van der Waals surface area contributed by atoms with Gasteiger partial charge in [-0.1, -0.05) is 6.07 Å². The number of halogens is 1. The van der Waals surface area contributed by atoms with Crippen LogP contribution in [0.1, 0.15) is 18.0 Å². The fourth-order valence-corrected chi connectivity index (χ4v) is 5.55. The fraction of sp³-hybridized carbons (Fsp3) is 0.667. The van der Waals surface area contributed by atoms with Crippen molar-refractivity contribution in [1.82, 2.24) is 20.1 Å². The minimum absolute atomic E-state index is 0. The predicted octanol–water partition coefficient (Wildman–Crippen LogP) is 0.112. The first-order valence-corrected chi connectivity index (χ1v) is 11.2. The molecule has 0 saturated carbocycles. The number of rotatable bonds is 7. The molecule has 3 heterocycles. The van der Waals surface area contributed by atoms with Gasteiger partial charge in [-0.15, -0.1) is 12.4 Å². The molecular formula is C18H29ClN4O4S. The smallest absolute Gasteiger partial charge is 0.237 e. The molecule has 0 spiro atoms. The molecule has 2 unspecified atom stereocenters. The molecule has 2 fully saturated rings. The minimum Gasteiger partial charge on any atom is -0.383 e. The lowest BCUT2D eigenvalue weighted by atomic mass is 10.1. The van der Waals surface area contributed by atoms with Gasteiger partial charge in [-0.25, -0.2) is 8.42 Å². The van der Waals surface area contributed by atoms with E-state index in [1.807, 2.05) is 18.3 Å². The van der Waals surface area contributed by atoms with Gasteiger partial charge in [0.15, 0.2) is 9.84 Å². The van der Waals surface area contributed by atoms with Crippen LogP contribution in [0.25, 0.3) is 0 Å². The summed E-state index contributed by atoms with van der Waals surface area (Å²) in [6.07, 6.45) is 4.08. The molecule has 28 heavy (non-hydrogen) atoms. The Morgan fingerprint density at radius 1 is 1.46 bits per heavy atom. The van der Waals surface area contributed by atoms with E-state index in [1.54, 1.807) is 18.2 Å². The molecule has 2 aliphatic rings. The molecule has 0 bridgehead atoms. The normalized spacial score (nSPS) is 24.5. The number of nitrogens with one attached hydrogen (secondary N) is 1. The topological polar surface area (TPSA) is 91.8 Å². The number of amides is 1. The van der Waals surface area contributed by atoms with Gasteiger partial charge in [-0.2, -0.15) is 0 Å². The van der Waals surface area contributed by atoms with Gasteiger partial charge in [0.25, 0.3) is 0 Å². The Hall–Kier alpha value is -1.26. The number of piperazine rings is 1. The maximum absolute atomic E-state index is 13.1. The van der Waals surface area contributed by atoms with Gasteiger partial charge in [0.1, 0.15) is 0 Å². The number of hydrogen-bond donors (Lipinski definition) is 1. The van der Waals surface area contributed by atoms with E-state index in [-0.39, 0.29) is 48.4 Å². The van der Waals surface area contributed by atoms with E-state index < -0.39 is 9.84 Å². The highest BCUT2D eigenvalue weighted by Gasteiger charge is 2.36. The van der Waals surface area contributed by atoms with E-state index >= 15 is 0 Å². The van der Waals surface area contributed by atoms with Crippen LogP contribution in [0.15, 0.2) is 24.5 Å². The lowest BCUT2D eigenvalue weighted by Gasteiger charge is -2.38. The van der Waals surface area contributed by atoms with Crippen LogP contribution in [0.5, 0.6) is 0 Å². The number of ether oxygens (including phenoxy) is 1. The van der Waals surface area contributed by atoms with Crippen molar-refractivity contribution in [3.63, 3.8) is 0 Å². The van der Waals surface area contributed by atoms with Crippen molar-refractivity contribution in [3.8, 4) is 0 Å². The van der Waals surface area contributed by atoms with Gasteiger partial charge in [-0.3, -0.25) is 14.7 Å². The van der Waals surface area contributed by atoms with E-state index in [4.69, 9.17) is 4.74 Å². The Bertz CT molecular complexity index is 734. The molecule has 1 amide bonds. The van der Waals surface area contributed by atoms with Crippen LogP contribution < -0.4 is 5.32 Å². The molecule has 2 aliphatic heterocycles. The maximum atomic E-state index is 13.1. The second-order valence-corrected chi connectivity index (χ2v) is 9.34. The second kappa shape index (κ2) is 10.5. The standard InChI is InChI=1S/C18H28N4O4S.ClH/c1-26-9-8-22(16-4-10-27(24,25)14-16)18(23)13-21-7-6-20-12-17(21)15-3-2-5-19-11-15;/h2-3,5,11,16-17,20H,4,6-10,12-14H2,1H3;1H. The molecule has 8 nitrogen and oxygen atoms in total. The number of pyridine rings is 1. The first-order chi connectivity index (χ1) is 13.0. The van der Waals surface area contributed by atoms with E-state index in [1.165, 1.54) is 0 Å². The summed E-state index contributed by atoms with van der Waals surface area (Å²) >= 11 is 0. The first kappa shape index (κ1) is 23.0. The molecule has 10 heteroatoms. The van der Waals surface area contributed by atoms with Crippen molar-refractivity contribution >= 4 is 28.2 Å². The molecule has 1 aromatic rings. The number of aromatic nitrogens is 1. The van der Waals surface area contributed by atoms with Gasteiger partial charge in [0.05, 0.1) is 24.7 Å². The third-order valence-corrected chi connectivity index (χ3v) is 7.02. The molecule has 0 aromatic carbocycles. The Morgan fingerprint density at radius 2 is 2.29 bits per heavy atom. The Morgan fingerprint density at radius 3 is 2.93 bits per heavy atom. The molecule has 3 rings (SSSR count). The van der Waals surface area contributed by atoms with Gasteiger partial charge < -0.3 is 15.0 Å². The van der Waals surface area contributed by atoms with Crippen LogP contribution in [-0.4, -0.2) is 93.1 Å². The number of nitrogens with zero attached hydrogens (tertiary/aromatic N) is 3. The van der Waals surface area contributed by atoms with E-state index in [0.717, 1.165) is 25.2 Å². The van der Waals surface area contributed by atoms with Crippen molar-refractivity contribution < 1.29 is 17.9 Å². The maximum Gasteiger partial charge on any atom is 0.237 e. The van der Waals surface area contributed by atoms with Crippen molar-refractivity contribution in [2.45, 2.75) is 18.5 Å². The number of methoxy groups -OCH3 is 1. The molecule has 2 saturated heterocycles. The van der Waals surface area contributed by atoms with Crippen LogP contribution in [-0.2, 0) is 19.4 Å². The van der Waals surface area contributed by atoms with Crippen LogP contribution in [0.3, 0.4) is 0 Å². The number of carbonyl (C=O) groups excluding carboxylic acids is 1. The summed E-state index contributed by atoms with van der Waals surface area (Å²) in [6, 6.07) is 3.75. The molecule has 158 valence electrons. The van der Waals surface area contributed by atoms with E-state index in [9.17, 15) is 13.2 Å². The number of sulfone groups is 1. The third-order valence-electron chi connectivity index (χ3n) is 5.27. The molecule has 0 radical (unpaired) electrons. The van der Waals surface area contributed by atoms with E-state index in [2.05, 4.69) is 15.2 Å². The third kappa shape index (κ3) is 5.87. The summed E-state index contributed by atoms with van der Waals surface area (Å²) < 4.78 is 28.9. The van der Waals surface area contributed by atoms with E-state index in [0.29, 0.717) is 19.6 Å². The zero-order chi connectivity index (χ0) is 19.3. The summed E-state index contributed by atoms with van der Waals surface area (Å²) in [5.74, 6) is 0.168. The Kier molecular flexibility index (Phi) is 8.63. The fourth-order valence-electron chi connectivity index (χ4n) is 3.82. The predicted molar refractivity (Wildman–Crippen MR) is 109 cm³/mol. The van der Waals surface area contributed by atoms with Crippen molar-refractivity contribution in [2.75, 3.05) is 57.9 Å². The van der Waals surface area contributed by atoms with Gasteiger partial charge in [0.2, 0.25) is 5.91 Å². The Balaban J connectivity index is 0.00000280. The quantitative estimate of drug-likeness (QED) is 0.653. The summed E-state index contributed by atoms with van der Waals surface area (Å²) in [6.45, 7) is 3.41. The van der Waals surface area contributed by atoms with Crippen LogP contribution >= 0.6 is 12.4 Å². The average molecular weight is 433 g/mol. The highest BCUT2D eigenvalue weighted by atomic mass is 35.5. The summed E-state index contributed by atoms with van der Waals surface area (Å²) in [4.78, 5) is 21.1. The molecule has 0 aliphatic carbocycles. The average Bonchev–Trinajstić information content (AvgIpc) is 3.03. The summed E-state index contributed by atoms with van der Waals surface area (Å²) in [5.41, 5.74) is 1.07. The van der Waals surface area contributed by atoms with Gasteiger partial charge >= 0.3 is 0 Å². The monoisotopic (exact) mass is 432 g/mol. The SMILES string of the molecule is COCCN(C(=O)CN1CCNCC1c1cccnc1)C1CCS(=O)(=O)C1.Cl. The lowest BCUT2D eigenvalue weighted by molar-refractivity contribution is -0.135. The zero-order valence-corrected chi connectivity index (χ0v) is 17.8. The molecular weight excluding hydrogens is 404 g/mol. The molecule has 1 N–H and O–H groups in total. The van der Waals surface area contributed by atoms with Gasteiger partial charge in [0, 0.05) is 57.8 Å². The van der Waals surface area contributed by atoms with Crippen LogP contribution in [0, 0.1) is 0 Å². The molecule has 1 aromatic heterocycles. The summed E-state index contributed by atoms with van der Waals surface area (Å²) in [5, 5.41) is 3.37. The highest BCUT2D eigenvalue weighted by Crippen LogP contribution is 2.23. The first-order valence-electron chi connectivity index (χ1n) is 9.33. The minimum atomic E-state index is -3.05. The highest BCUT2D eigenvalue weighted by molar-refractivity contribution is 7.91. The van der Waals surface area contributed by atoms with Crippen molar-refractivity contribution in [2.24, 2.45) is 0 Å². The number of carbonyl (C=O) groups is 1. The zero-order valence-electron chi connectivity index (χ0n) is 16.1. The second-order valence-electron chi connectivity index (χ2n) is 7.11. The Labute approximate surface area is 173 Å². The summed E-state index contributed by atoms with van der Waals surface area (Å²) in [7, 11) is -1.47. The van der Waals surface area contributed by atoms with Crippen molar-refractivity contribution in [3.05, 3.63) is 30.1 Å². The van der Waals surface area contributed by atoms with Crippen LogP contribution in [0.2, 0.25) is 0 Å². The van der Waals surface area contributed by atoms with Crippen molar-refractivity contribution in [1.29, 1.82) is 0 Å². The lowest BCUT2D eigenvalue weighted by Crippen LogP contribution is -2.52. The van der Waals surface area contributed by atoms with Crippen LogP contribution in [0.4, 0.5) is 0 Å².